The molecule has 1 rings (SSSR count). The highest BCUT2D eigenvalue weighted by Gasteiger charge is 1.73. The Kier molecular flexibility index (Phi) is 3.40. The lowest BCUT2D eigenvalue weighted by Gasteiger charge is -1.96. The molecule has 0 radical (unpaired) electrons. The van der Waals surface area contributed by atoms with Crippen LogP contribution in [0.25, 0.3) is 0 Å². The maximum absolute atomic E-state index is 4.49. The quantitative estimate of drug-likeness (QED) is 0.570. The van der Waals surface area contributed by atoms with Crippen molar-refractivity contribution < 1.29 is 4.84 Å². The van der Waals surface area contributed by atoms with Gasteiger partial charge in [-0.05, 0) is 0 Å². The van der Waals surface area contributed by atoms with Gasteiger partial charge in [-0.1, -0.05) is 0 Å². The van der Waals surface area contributed by atoms with Gasteiger partial charge < -0.3 is 4.84 Å². The van der Waals surface area contributed by atoms with Gasteiger partial charge in [-0.3, -0.25) is 0 Å². The fourth-order valence-corrected chi connectivity index (χ4v) is 0.209. The Bertz CT molecular complexity index is 78.9. The largest absolute Gasteiger partial charge is 0.387 e. The normalized spacial score (nSPS) is 13.7. The molecule has 0 bridgehead atoms. The molecular weight excluding hydrogens is 160 g/mol. The van der Waals surface area contributed by atoms with Crippen molar-refractivity contribution in [2.24, 2.45) is 4.99 Å². The van der Waals surface area contributed by atoms with E-state index in [1.807, 2.05) is 0 Å². The minimum absolute atomic E-state index is 0. The molecule has 0 saturated heterocycles. The summed E-state index contributed by atoms with van der Waals surface area (Å²) in [4.78, 5) is 8.12. The first-order chi connectivity index (χ1) is 3.00. The van der Waals surface area contributed by atoms with E-state index in [2.05, 4.69) is 15.3 Å². The summed E-state index contributed by atoms with van der Waals surface area (Å²) >= 11 is 0. The van der Waals surface area contributed by atoms with Crippen LogP contribution in [0.5, 0.6) is 0 Å². The molecule has 1 aliphatic rings. The molecule has 0 amide bonds. The number of rotatable bonds is 0. The highest BCUT2D eigenvalue weighted by atomic mass is 79.9. The second-order valence-electron chi connectivity index (χ2n) is 0.799. The third kappa shape index (κ3) is 2.22. The zero-order valence-electron chi connectivity index (χ0n) is 3.50. The van der Waals surface area contributed by atoms with E-state index < -0.39 is 0 Å². The third-order valence-electron chi connectivity index (χ3n) is 0.410. The van der Waals surface area contributed by atoms with Crippen LogP contribution in [-0.4, -0.2) is 6.34 Å². The minimum Gasteiger partial charge on any atom is -0.387 e. The van der Waals surface area contributed by atoms with Gasteiger partial charge in [0.15, 0.2) is 0 Å². The van der Waals surface area contributed by atoms with Gasteiger partial charge in [0.25, 0.3) is 0 Å². The van der Waals surface area contributed by atoms with Crippen molar-refractivity contribution in [3.05, 3.63) is 12.5 Å². The van der Waals surface area contributed by atoms with Gasteiger partial charge in [0.2, 0.25) is 0 Å². The van der Waals surface area contributed by atoms with Crippen LogP contribution in [0.15, 0.2) is 17.5 Å². The van der Waals surface area contributed by atoms with Crippen LogP contribution < -0.4 is 5.48 Å². The Morgan fingerprint density at radius 2 is 2.43 bits per heavy atom. The maximum Gasteiger partial charge on any atom is 0.137 e. The van der Waals surface area contributed by atoms with Crippen LogP contribution in [-0.2, 0) is 4.84 Å². The van der Waals surface area contributed by atoms with Crippen molar-refractivity contribution in [2.75, 3.05) is 0 Å². The number of hydroxylamine groups is 1. The van der Waals surface area contributed by atoms with Crippen LogP contribution in [0.4, 0.5) is 0 Å². The van der Waals surface area contributed by atoms with E-state index in [1.54, 1.807) is 6.20 Å². The highest BCUT2D eigenvalue weighted by molar-refractivity contribution is 8.93. The van der Waals surface area contributed by atoms with Gasteiger partial charge in [-0.25, -0.2) is 10.5 Å². The maximum atomic E-state index is 4.49. The standard InChI is InChI=1S/C3H4N2O.BrH/c1-2-6-5-3-4-1;/h1-3H,(H,4,5);1H. The number of nitrogens with zero attached hydrogens (tertiary/aromatic N) is 1. The smallest absolute Gasteiger partial charge is 0.137 e. The third-order valence-corrected chi connectivity index (χ3v) is 0.410. The molecular formula is C3H5BrN2O. The number of nitrogens with one attached hydrogen (secondary N) is 1. The van der Waals surface area contributed by atoms with Gasteiger partial charge in [0.05, 0.1) is 6.20 Å². The topological polar surface area (TPSA) is 33.6 Å². The molecule has 0 unspecified atom stereocenters. The summed E-state index contributed by atoms with van der Waals surface area (Å²) in [6, 6.07) is 0. The zero-order chi connectivity index (χ0) is 4.24. The van der Waals surface area contributed by atoms with E-state index in [0.717, 1.165) is 0 Å². The molecule has 0 spiro atoms. The van der Waals surface area contributed by atoms with Crippen LogP contribution in [0, 0.1) is 0 Å². The van der Waals surface area contributed by atoms with Crippen LogP contribution in [0.1, 0.15) is 0 Å². The molecule has 0 atom stereocenters. The molecule has 3 nitrogen and oxygen atoms in total. The fraction of sp³-hybridized carbons (Fsp3) is 0. The molecule has 1 N–H and O–H groups in total. The summed E-state index contributed by atoms with van der Waals surface area (Å²) in [6.45, 7) is 0. The summed E-state index contributed by atoms with van der Waals surface area (Å²) in [6.07, 6.45) is 4.47. The average molecular weight is 165 g/mol. The lowest BCUT2D eigenvalue weighted by atomic mass is 10.9. The molecule has 4 heteroatoms. The minimum atomic E-state index is 0. The monoisotopic (exact) mass is 164 g/mol. The van der Waals surface area contributed by atoms with E-state index in [9.17, 15) is 0 Å². The number of halogens is 1. The first-order valence-electron chi connectivity index (χ1n) is 1.58. The molecule has 0 aromatic rings. The zero-order valence-corrected chi connectivity index (χ0v) is 5.21. The van der Waals surface area contributed by atoms with Crippen molar-refractivity contribution in [1.29, 1.82) is 0 Å². The first-order valence-corrected chi connectivity index (χ1v) is 1.58. The van der Waals surface area contributed by atoms with E-state index in [1.165, 1.54) is 12.6 Å². The first kappa shape index (κ1) is 6.49. The SMILES string of the molecule is Br.C1=CONC=N1. The Morgan fingerprint density at radius 1 is 1.57 bits per heavy atom. The van der Waals surface area contributed by atoms with E-state index in [4.69, 9.17) is 0 Å². The van der Waals surface area contributed by atoms with Crippen molar-refractivity contribution >= 4 is 23.3 Å². The molecule has 40 valence electrons. The molecule has 0 fully saturated rings. The summed E-state index contributed by atoms with van der Waals surface area (Å²) in [7, 11) is 0. The van der Waals surface area contributed by atoms with Crippen LogP contribution >= 0.6 is 17.0 Å². The van der Waals surface area contributed by atoms with Crippen molar-refractivity contribution in [3.8, 4) is 0 Å². The van der Waals surface area contributed by atoms with Crippen LogP contribution in [0.2, 0.25) is 0 Å². The molecule has 0 saturated carbocycles. The van der Waals surface area contributed by atoms with Gasteiger partial charge in [-0.2, -0.15) is 0 Å². The van der Waals surface area contributed by atoms with Gasteiger partial charge in [0.1, 0.15) is 12.6 Å². The van der Waals surface area contributed by atoms with E-state index in [0.29, 0.717) is 0 Å². The Labute approximate surface area is 51.8 Å². The Hall–Kier alpha value is -0.510. The van der Waals surface area contributed by atoms with Crippen molar-refractivity contribution in [3.63, 3.8) is 0 Å². The molecule has 0 aliphatic carbocycles. The van der Waals surface area contributed by atoms with Gasteiger partial charge in [-0.15, -0.1) is 17.0 Å². The molecule has 0 aromatic heterocycles. The summed E-state index contributed by atoms with van der Waals surface area (Å²) in [5.74, 6) is 0. The van der Waals surface area contributed by atoms with E-state index in [-0.39, 0.29) is 17.0 Å². The van der Waals surface area contributed by atoms with Crippen molar-refractivity contribution in [2.45, 2.75) is 0 Å². The van der Waals surface area contributed by atoms with Crippen molar-refractivity contribution in [1.82, 2.24) is 5.48 Å². The van der Waals surface area contributed by atoms with Crippen LogP contribution in [0.3, 0.4) is 0 Å². The molecule has 7 heavy (non-hydrogen) atoms. The van der Waals surface area contributed by atoms with Gasteiger partial charge in [0, 0.05) is 0 Å². The fourth-order valence-electron chi connectivity index (χ4n) is 0.209. The highest BCUT2D eigenvalue weighted by Crippen LogP contribution is 1.76. The summed E-state index contributed by atoms with van der Waals surface area (Å²) in [5.41, 5.74) is 2.41. The summed E-state index contributed by atoms with van der Waals surface area (Å²) < 4.78 is 0. The lowest BCUT2D eigenvalue weighted by Crippen LogP contribution is -2.08. The average Bonchev–Trinajstić information content (AvgIpc) is 1.72. The second-order valence-corrected chi connectivity index (χ2v) is 0.799. The summed E-state index contributed by atoms with van der Waals surface area (Å²) in [5, 5.41) is 0. The number of hydrogen-bond donors (Lipinski definition) is 1. The number of aliphatic imine (C=N–C) groups is 1. The predicted octanol–water partition coefficient (Wildman–Crippen LogP) is 0.599. The molecule has 0 aromatic carbocycles. The second kappa shape index (κ2) is 3.67. The van der Waals surface area contributed by atoms with Gasteiger partial charge >= 0.3 is 0 Å². The molecule has 1 aliphatic heterocycles. The Morgan fingerprint density at radius 3 is 2.57 bits per heavy atom. The lowest BCUT2D eigenvalue weighted by molar-refractivity contribution is 0.193. The van der Waals surface area contributed by atoms with E-state index >= 15 is 0 Å². The Balaban J connectivity index is 0.000000360. The molecule has 1 heterocycles. The predicted molar refractivity (Wildman–Crippen MR) is 32.2 cm³/mol. The number of hydrogen-bond acceptors (Lipinski definition) is 3.